The fourth-order valence-corrected chi connectivity index (χ4v) is 1.55. The van der Waals surface area contributed by atoms with Crippen LogP contribution in [0.2, 0.25) is 0 Å². The molecule has 0 amide bonds. The molecule has 15 heavy (non-hydrogen) atoms. The molecule has 0 atom stereocenters. The van der Waals surface area contributed by atoms with Gasteiger partial charge in [-0.05, 0) is 24.4 Å². The number of aryl methyl sites for hydroxylation is 1. The summed E-state index contributed by atoms with van der Waals surface area (Å²) in [6.07, 6.45) is 0.317. The molecule has 76 valence electrons. The van der Waals surface area contributed by atoms with E-state index in [0.717, 1.165) is 5.56 Å². The molecule has 0 aliphatic rings. The van der Waals surface area contributed by atoms with E-state index in [1.54, 1.807) is 25.1 Å². The minimum absolute atomic E-state index is 0.207. The molecule has 0 radical (unpaired) electrons. The first kappa shape index (κ1) is 9.77. The predicted molar refractivity (Wildman–Crippen MR) is 54.0 cm³/mol. The van der Waals surface area contributed by atoms with E-state index >= 15 is 0 Å². The monoisotopic (exact) mass is 206 g/mol. The van der Waals surface area contributed by atoms with E-state index in [9.17, 15) is 13.6 Å². The molecule has 0 fully saturated rings. The van der Waals surface area contributed by atoms with Crippen LogP contribution in [0, 0.1) is 18.6 Å². The molecule has 0 unspecified atom stereocenters. The Morgan fingerprint density at radius 2 is 1.87 bits per heavy atom. The molecule has 0 bridgehead atoms. The zero-order valence-corrected chi connectivity index (χ0v) is 8.05. The van der Waals surface area contributed by atoms with Crippen LogP contribution in [0.4, 0.5) is 8.78 Å². The summed E-state index contributed by atoms with van der Waals surface area (Å²) in [4.78, 5) is 10.5. The second kappa shape index (κ2) is 3.42. The highest BCUT2D eigenvalue weighted by Gasteiger charge is 2.12. The fourth-order valence-electron chi connectivity index (χ4n) is 1.55. The summed E-state index contributed by atoms with van der Waals surface area (Å²) in [6, 6.07) is 6.36. The second-order valence-electron chi connectivity index (χ2n) is 3.44. The largest absolute Gasteiger partial charge is 0.298 e. The molecule has 0 N–H and O–H groups in total. The molecule has 0 saturated carbocycles. The third kappa shape index (κ3) is 1.50. The maximum absolute atomic E-state index is 13.5. The van der Waals surface area contributed by atoms with Crippen LogP contribution in [-0.4, -0.2) is 6.29 Å². The first-order valence-electron chi connectivity index (χ1n) is 4.47. The normalized spacial score (nSPS) is 10.6. The molecule has 0 spiro atoms. The highest BCUT2D eigenvalue weighted by Crippen LogP contribution is 2.23. The summed E-state index contributed by atoms with van der Waals surface area (Å²) in [7, 11) is 0. The maximum atomic E-state index is 13.5. The first-order chi connectivity index (χ1) is 7.13. The van der Waals surface area contributed by atoms with Gasteiger partial charge in [0.25, 0.3) is 0 Å². The van der Waals surface area contributed by atoms with Gasteiger partial charge in [0.05, 0.1) is 5.56 Å². The van der Waals surface area contributed by atoms with Crippen LogP contribution in [0.3, 0.4) is 0 Å². The van der Waals surface area contributed by atoms with Crippen LogP contribution < -0.4 is 0 Å². The second-order valence-corrected chi connectivity index (χ2v) is 3.44. The number of benzene rings is 2. The summed E-state index contributed by atoms with van der Waals surface area (Å²) < 4.78 is 26.7. The predicted octanol–water partition coefficient (Wildman–Crippen LogP) is 3.24. The number of carbonyl (C=O) groups is 1. The number of halogens is 2. The Kier molecular flexibility index (Phi) is 2.23. The van der Waals surface area contributed by atoms with Crippen molar-refractivity contribution in [2.24, 2.45) is 0 Å². The molecule has 0 aromatic heterocycles. The van der Waals surface area contributed by atoms with Crippen molar-refractivity contribution in [3.05, 3.63) is 47.0 Å². The van der Waals surface area contributed by atoms with Crippen LogP contribution in [0.15, 0.2) is 24.3 Å². The minimum atomic E-state index is -1.08. The molecule has 1 nitrogen and oxygen atoms in total. The van der Waals surface area contributed by atoms with Crippen molar-refractivity contribution in [1.29, 1.82) is 0 Å². The average Bonchev–Trinajstić information content (AvgIpc) is 2.24. The van der Waals surface area contributed by atoms with Gasteiger partial charge in [-0.1, -0.05) is 17.7 Å². The van der Waals surface area contributed by atoms with E-state index in [1.807, 2.05) is 0 Å². The van der Waals surface area contributed by atoms with Crippen molar-refractivity contribution in [3.8, 4) is 0 Å². The maximum Gasteiger partial charge on any atom is 0.169 e. The van der Waals surface area contributed by atoms with Crippen molar-refractivity contribution in [3.63, 3.8) is 0 Å². The number of hydrogen-bond donors (Lipinski definition) is 0. The van der Waals surface area contributed by atoms with Crippen molar-refractivity contribution in [2.45, 2.75) is 6.92 Å². The molecule has 0 heterocycles. The number of carbonyl (C=O) groups excluding carboxylic acids is 1. The molecule has 3 heteroatoms. The lowest BCUT2D eigenvalue weighted by Crippen LogP contribution is -1.94. The SMILES string of the molecule is Cc1ccc2cc(C=O)c(F)c(F)c2c1. The summed E-state index contributed by atoms with van der Waals surface area (Å²) in [6.45, 7) is 1.80. The Morgan fingerprint density at radius 3 is 2.53 bits per heavy atom. The van der Waals surface area contributed by atoms with Gasteiger partial charge in [-0.3, -0.25) is 4.79 Å². The van der Waals surface area contributed by atoms with E-state index in [-0.39, 0.29) is 10.9 Å². The minimum Gasteiger partial charge on any atom is -0.298 e. The Balaban J connectivity index is 2.90. The van der Waals surface area contributed by atoms with Crippen LogP contribution >= 0.6 is 0 Å². The van der Waals surface area contributed by atoms with Crippen molar-refractivity contribution >= 4 is 17.1 Å². The van der Waals surface area contributed by atoms with Crippen LogP contribution in [-0.2, 0) is 0 Å². The lowest BCUT2D eigenvalue weighted by molar-refractivity contribution is 0.111. The number of fused-ring (bicyclic) bond motifs is 1. The summed E-state index contributed by atoms with van der Waals surface area (Å²) >= 11 is 0. The van der Waals surface area contributed by atoms with Gasteiger partial charge < -0.3 is 0 Å². The lowest BCUT2D eigenvalue weighted by Gasteiger charge is -2.04. The molecule has 2 aromatic rings. The van der Waals surface area contributed by atoms with Crippen molar-refractivity contribution < 1.29 is 13.6 Å². The van der Waals surface area contributed by atoms with Gasteiger partial charge in [0.1, 0.15) is 0 Å². The summed E-state index contributed by atoms with van der Waals surface area (Å²) in [5, 5.41) is 0.736. The van der Waals surface area contributed by atoms with E-state index in [1.165, 1.54) is 6.07 Å². The first-order valence-corrected chi connectivity index (χ1v) is 4.47. The van der Waals surface area contributed by atoms with Crippen molar-refractivity contribution in [2.75, 3.05) is 0 Å². The van der Waals surface area contributed by atoms with Crippen LogP contribution in [0.1, 0.15) is 15.9 Å². The molecule has 0 saturated heterocycles. The smallest absolute Gasteiger partial charge is 0.169 e. The van der Waals surface area contributed by atoms with Gasteiger partial charge in [-0.2, -0.15) is 0 Å². The molecule has 0 aliphatic heterocycles. The Labute approximate surface area is 85.3 Å². The third-order valence-electron chi connectivity index (χ3n) is 2.33. The van der Waals surface area contributed by atoms with E-state index in [0.29, 0.717) is 11.7 Å². The third-order valence-corrected chi connectivity index (χ3v) is 2.33. The van der Waals surface area contributed by atoms with Crippen LogP contribution in [0.5, 0.6) is 0 Å². The van der Waals surface area contributed by atoms with Gasteiger partial charge in [-0.15, -0.1) is 0 Å². The van der Waals surface area contributed by atoms with E-state index in [4.69, 9.17) is 0 Å². The standard InChI is InChI=1S/C12H8F2O/c1-7-2-3-8-5-9(6-15)11(13)12(14)10(8)4-7/h2-6H,1H3. The summed E-state index contributed by atoms with van der Waals surface area (Å²) in [5.41, 5.74) is 0.600. The molecule has 2 aromatic carbocycles. The molecular weight excluding hydrogens is 198 g/mol. The highest BCUT2D eigenvalue weighted by molar-refractivity contribution is 5.90. The Morgan fingerprint density at radius 1 is 1.13 bits per heavy atom. The Bertz CT molecular complexity index is 547. The highest BCUT2D eigenvalue weighted by atomic mass is 19.2. The van der Waals surface area contributed by atoms with Gasteiger partial charge in [-0.25, -0.2) is 8.78 Å². The average molecular weight is 206 g/mol. The zero-order valence-electron chi connectivity index (χ0n) is 8.05. The number of hydrogen-bond acceptors (Lipinski definition) is 1. The molecular formula is C12H8F2O. The quantitative estimate of drug-likeness (QED) is 0.654. The zero-order chi connectivity index (χ0) is 11.0. The van der Waals surface area contributed by atoms with Gasteiger partial charge in [0.15, 0.2) is 17.9 Å². The fraction of sp³-hybridized carbons (Fsp3) is 0.0833. The summed E-state index contributed by atoms with van der Waals surface area (Å²) in [5.74, 6) is -2.04. The molecule has 0 aliphatic carbocycles. The Hall–Kier alpha value is -1.77. The van der Waals surface area contributed by atoms with Crippen molar-refractivity contribution in [1.82, 2.24) is 0 Å². The van der Waals surface area contributed by atoms with Gasteiger partial charge in [0.2, 0.25) is 0 Å². The van der Waals surface area contributed by atoms with Gasteiger partial charge >= 0.3 is 0 Å². The topological polar surface area (TPSA) is 17.1 Å². The molecule has 2 rings (SSSR count). The van der Waals surface area contributed by atoms with E-state index < -0.39 is 11.6 Å². The number of rotatable bonds is 1. The van der Waals surface area contributed by atoms with E-state index in [2.05, 4.69) is 0 Å². The number of aldehydes is 1. The lowest BCUT2D eigenvalue weighted by atomic mass is 10.0. The van der Waals surface area contributed by atoms with Crippen LogP contribution in [0.25, 0.3) is 10.8 Å². The van der Waals surface area contributed by atoms with Gasteiger partial charge in [0, 0.05) is 5.39 Å².